The first-order valence-corrected chi connectivity index (χ1v) is 7.91. The quantitative estimate of drug-likeness (QED) is 0.908. The van der Waals surface area contributed by atoms with Crippen LogP contribution < -0.4 is 10.1 Å². The number of nitrogens with one attached hydrogen (secondary N) is 1. The highest BCUT2D eigenvalue weighted by molar-refractivity contribution is 6.10. The van der Waals surface area contributed by atoms with E-state index in [9.17, 15) is 9.59 Å². The molecule has 1 aromatic heterocycles. The number of aromatic nitrogens is 1. The van der Waals surface area contributed by atoms with Gasteiger partial charge in [-0.25, -0.2) is 4.98 Å². The standard InChI is InChI=1S/C19H19N3O3/c1-12-15-6-4-5-7-16(15)19(24)22(12)13(2)18(23)21-11-14-8-9-20-17(10-14)25-3/h4-10,13H,1,11H2,2-3H3,(H,21,23)/t13-/m0/s1. The largest absolute Gasteiger partial charge is 0.481 e. The van der Waals surface area contributed by atoms with Crippen molar-refractivity contribution in [1.29, 1.82) is 0 Å². The van der Waals surface area contributed by atoms with Crippen LogP contribution >= 0.6 is 0 Å². The summed E-state index contributed by atoms with van der Waals surface area (Å²) in [4.78, 5) is 30.5. The monoisotopic (exact) mass is 337 g/mol. The van der Waals surface area contributed by atoms with E-state index >= 15 is 0 Å². The van der Waals surface area contributed by atoms with Crippen LogP contribution in [0.3, 0.4) is 0 Å². The molecule has 128 valence electrons. The lowest BCUT2D eigenvalue weighted by atomic mass is 10.1. The molecular formula is C19H19N3O3. The van der Waals surface area contributed by atoms with E-state index in [1.807, 2.05) is 12.1 Å². The van der Waals surface area contributed by atoms with Crippen LogP contribution in [-0.2, 0) is 11.3 Å². The Hall–Kier alpha value is -3.15. The Labute approximate surface area is 146 Å². The summed E-state index contributed by atoms with van der Waals surface area (Å²) in [7, 11) is 1.54. The summed E-state index contributed by atoms with van der Waals surface area (Å²) in [5, 5.41) is 2.84. The molecule has 0 saturated heterocycles. The molecule has 0 bridgehead atoms. The van der Waals surface area contributed by atoms with Gasteiger partial charge in [0.25, 0.3) is 5.91 Å². The second-order valence-electron chi connectivity index (χ2n) is 5.77. The molecule has 6 heteroatoms. The number of carbonyl (C=O) groups excluding carboxylic acids is 2. The summed E-state index contributed by atoms with van der Waals surface area (Å²) in [5.41, 5.74) is 2.76. The maximum absolute atomic E-state index is 12.6. The van der Waals surface area contributed by atoms with Crippen LogP contribution in [0.1, 0.15) is 28.4 Å². The van der Waals surface area contributed by atoms with Crippen LogP contribution in [0.15, 0.2) is 49.2 Å². The molecule has 0 radical (unpaired) electrons. The lowest BCUT2D eigenvalue weighted by Gasteiger charge is -2.24. The van der Waals surface area contributed by atoms with Gasteiger partial charge in [0.15, 0.2) is 0 Å². The van der Waals surface area contributed by atoms with Gasteiger partial charge in [0.2, 0.25) is 11.8 Å². The molecule has 3 rings (SSSR count). The summed E-state index contributed by atoms with van der Waals surface area (Å²) < 4.78 is 5.07. The Morgan fingerprint density at radius 1 is 1.32 bits per heavy atom. The van der Waals surface area contributed by atoms with Crippen LogP contribution in [0.5, 0.6) is 5.88 Å². The minimum Gasteiger partial charge on any atom is -0.481 e. The van der Waals surface area contributed by atoms with Gasteiger partial charge in [0.1, 0.15) is 6.04 Å². The number of hydrogen-bond donors (Lipinski definition) is 1. The van der Waals surface area contributed by atoms with E-state index in [2.05, 4.69) is 16.9 Å². The van der Waals surface area contributed by atoms with Crippen LogP contribution in [-0.4, -0.2) is 34.8 Å². The molecule has 0 saturated carbocycles. The number of amides is 2. The van der Waals surface area contributed by atoms with Crippen molar-refractivity contribution in [1.82, 2.24) is 15.2 Å². The molecule has 1 atom stereocenters. The minimum absolute atomic E-state index is 0.200. The Bertz CT molecular complexity index is 812. The molecule has 1 N–H and O–H groups in total. The van der Waals surface area contributed by atoms with Crippen LogP contribution in [0, 0.1) is 0 Å². The van der Waals surface area contributed by atoms with Gasteiger partial charge in [-0.15, -0.1) is 0 Å². The SMILES string of the molecule is C=C1c2ccccc2C(=O)N1[C@@H](C)C(=O)NCc1ccnc(OC)c1. The summed E-state index contributed by atoms with van der Waals surface area (Å²) in [5.74, 6) is 0.0326. The lowest BCUT2D eigenvalue weighted by Crippen LogP contribution is -2.44. The predicted octanol–water partition coefficient (Wildman–Crippen LogP) is 2.22. The maximum atomic E-state index is 12.6. The first kappa shape index (κ1) is 16.7. The third-order valence-corrected chi connectivity index (χ3v) is 4.22. The smallest absolute Gasteiger partial charge is 0.259 e. The first-order valence-electron chi connectivity index (χ1n) is 7.91. The highest BCUT2D eigenvalue weighted by Gasteiger charge is 2.36. The van der Waals surface area contributed by atoms with E-state index in [-0.39, 0.29) is 11.8 Å². The maximum Gasteiger partial charge on any atom is 0.259 e. The molecule has 2 amide bonds. The fourth-order valence-electron chi connectivity index (χ4n) is 2.84. The van der Waals surface area contributed by atoms with Crippen molar-refractivity contribution in [2.24, 2.45) is 0 Å². The lowest BCUT2D eigenvalue weighted by molar-refractivity contribution is -0.124. The van der Waals surface area contributed by atoms with Gasteiger partial charge in [-0.3, -0.25) is 14.5 Å². The normalized spacial score (nSPS) is 14.2. The van der Waals surface area contributed by atoms with Crippen molar-refractivity contribution in [2.45, 2.75) is 19.5 Å². The van der Waals surface area contributed by atoms with Gasteiger partial charge in [-0.1, -0.05) is 24.8 Å². The van der Waals surface area contributed by atoms with Gasteiger partial charge < -0.3 is 10.1 Å². The van der Waals surface area contributed by atoms with Crippen molar-refractivity contribution in [3.63, 3.8) is 0 Å². The van der Waals surface area contributed by atoms with E-state index in [0.29, 0.717) is 23.7 Å². The molecule has 1 aliphatic heterocycles. The average molecular weight is 337 g/mol. The number of carbonyl (C=O) groups is 2. The third kappa shape index (κ3) is 3.10. The Morgan fingerprint density at radius 2 is 2.04 bits per heavy atom. The first-order chi connectivity index (χ1) is 12.0. The Morgan fingerprint density at radius 3 is 2.72 bits per heavy atom. The summed E-state index contributed by atoms with van der Waals surface area (Å²) in [6.07, 6.45) is 1.62. The molecule has 2 aromatic rings. The predicted molar refractivity (Wildman–Crippen MR) is 93.7 cm³/mol. The van der Waals surface area contributed by atoms with Crippen LogP contribution in [0.4, 0.5) is 0 Å². The highest BCUT2D eigenvalue weighted by atomic mass is 16.5. The Balaban J connectivity index is 1.69. The molecule has 1 aliphatic rings. The van der Waals surface area contributed by atoms with Gasteiger partial charge in [-0.05, 0) is 24.6 Å². The molecule has 2 heterocycles. The highest BCUT2D eigenvalue weighted by Crippen LogP contribution is 2.32. The number of nitrogens with zero attached hydrogens (tertiary/aromatic N) is 2. The van der Waals surface area contributed by atoms with E-state index in [0.717, 1.165) is 11.1 Å². The zero-order chi connectivity index (χ0) is 18.0. The fourth-order valence-corrected chi connectivity index (χ4v) is 2.84. The number of pyridine rings is 1. The van der Waals surface area contributed by atoms with Crippen molar-refractivity contribution in [2.75, 3.05) is 7.11 Å². The van der Waals surface area contributed by atoms with Gasteiger partial charge in [0.05, 0.1) is 7.11 Å². The van der Waals surface area contributed by atoms with E-state index < -0.39 is 6.04 Å². The second-order valence-corrected chi connectivity index (χ2v) is 5.77. The molecule has 0 fully saturated rings. The summed E-state index contributed by atoms with van der Waals surface area (Å²) in [6, 6.07) is 10.1. The molecule has 6 nitrogen and oxygen atoms in total. The number of methoxy groups -OCH3 is 1. The van der Waals surface area contributed by atoms with Crippen LogP contribution in [0.2, 0.25) is 0 Å². The van der Waals surface area contributed by atoms with E-state index in [1.165, 1.54) is 12.0 Å². The van der Waals surface area contributed by atoms with Crippen molar-refractivity contribution < 1.29 is 14.3 Å². The average Bonchev–Trinajstić information content (AvgIpc) is 2.90. The third-order valence-electron chi connectivity index (χ3n) is 4.22. The zero-order valence-corrected chi connectivity index (χ0v) is 14.2. The summed E-state index contributed by atoms with van der Waals surface area (Å²) in [6.45, 7) is 5.99. The minimum atomic E-state index is -0.656. The molecular weight excluding hydrogens is 318 g/mol. The van der Waals surface area contributed by atoms with Gasteiger partial charge in [-0.2, -0.15) is 0 Å². The van der Waals surface area contributed by atoms with Crippen molar-refractivity contribution >= 4 is 17.5 Å². The van der Waals surface area contributed by atoms with Gasteiger partial charge in [0, 0.05) is 35.6 Å². The molecule has 25 heavy (non-hydrogen) atoms. The molecule has 0 aliphatic carbocycles. The second kappa shape index (κ2) is 6.76. The van der Waals surface area contributed by atoms with Crippen LogP contribution in [0.25, 0.3) is 5.70 Å². The van der Waals surface area contributed by atoms with Crippen molar-refractivity contribution in [3.05, 3.63) is 65.9 Å². The number of rotatable bonds is 5. The zero-order valence-electron chi connectivity index (χ0n) is 14.2. The summed E-state index contributed by atoms with van der Waals surface area (Å²) >= 11 is 0. The topological polar surface area (TPSA) is 71.5 Å². The van der Waals surface area contributed by atoms with E-state index in [4.69, 9.17) is 4.74 Å². The number of benzene rings is 1. The Kier molecular flexibility index (Phi) is 4.52. The molecule has 0 unspecified atom stereocenters. The molecule has 0 spiro atoms. The fraction of sp³-hybridized carbons (Fsp3) is 0.211. The number of hydrogen-bond acceptors (Lipinski definition) is 4. The van der Waals surface area contributed by atoms with E-state index in [1.54, 1.807) is 37.4 Å². The number of ether oxygens (including phenoxy) is 1. The number of fused-ring (bicyclic) bond motifs is 1. The van der Waals surface area contributed by atoms with Crippen molar-refractivity contribution in [3.8, 4) is 5.88 Å². The molecule has 1 aromatic carbocycles. The van der Waals surface area contributed by atoms with Gasteiger partial charge >= 0.3 is 0 Å².